The van der Waals surface area contributed by atoms with Gasteiger partial charge in [-0.05, 0) is 59.3 Å². The van der Waals surface area contributed by atoms with Crippen molar-refractivity contribution < 1.29 is 4.74 Å². The average molecular weight is 298 g/mol. The Kier molecular flexibility index (Phi) is 4.03. The summed E-state index contributed by atoms with van der Waals surface area (Å²) in [5.41, 5.74) is -0.620. The molecule has 1 nitrogen and oxygen atoms in total. The number of hydrogen-bond donors (Lipinski definition) is 0. The van der Waals surface area contributed by atoms with Gasteiger partial charge in [-0.3, -0.25) is 0 Å². The molecule has 2 rings (SSSR count). The molecule has 0 spiro atoms. The summed E-state index contributed by atoms with van der Waals surface area (Å²) in [5, 5.41) is 1.36. The molecule has 14 heavy (non-hydrogen) atoms. The Balaban J connectivity index is 2.25. The Labute approximate surface area is 101 Å². The van der Waals surface area contributed by atoms with Crippen molar-refractivity contribution in [2.45, 2.75) is 0 Å². The van der Waals surface area contributed by atoms with Crippen LogP contribution in [0.5, 0.6) is 5.75 Å². The van der Waals surface area contributed by atoms with E-state index >= 15 is 0 Å². The van der Waals surface area contributed by atoms with Crippen molar-refractivity contribution >= 4 is 59.2 Å². The van der Waals surface area contributed by atoms with Crippen molar-refractivity contribution in [2.24, 2.45) is 0 Å². The van der Waals surface area contributed by atoms with Crippen molar-refractivity contribution in [1.82, 2.24) is 0 Å². The zero-order valence-electron chi connectivity index (χ0n) is 7.30. The summed E-state index contributed by atoms with van der Waals surface area (Å²) in [5.74, 6) is 0.902. The summed E-state index contributed by atoms with van der Waals surface area (Å²) in [6, 6.07) is 8.23. The SMILES string of the molecule is COc1ccc(P2[PH](=S)SS2=S)cc1. The zero-order valence-corrected chi connectivity index (χ0v) is 12.5. The van der Waals surface area contributed by atoms with Crippen LogP contribution in [0.4, 0.5) is 0 Å². The van der Waals surface area contributed by atoms with Gasteiger partial charge in [0.15, 0.2) is 0 Å². The first kappa shape index (κ1) is 11.5. The highest BCUT2D eigenvalue weighted by atomic mass is 33.8. The first-order chi connectivity index (χ1) is 6.72. The summed E-state index contributed by atoms with van der Waals surface area (Å²) in [6.07, 6.45) is 0. The highest BCUT2D eigenvalue weighted by Crippen LogP contribution is 2.84. The molecule has 1 aromatic carbocycles. The smallest absolute Gasteiger partial charge is 0.118 e. The molecule has 3 atom stereocenters. The van der Waals surface area contributed by atoms with E-state index in [1.165, 1.54) is 5.30 Å². The molecule has 1 aromatic rings. The van der Waals surface area contributed by atoms with Gasteiger partial charge in [-0.25, -0.2) is 0 Å². The summed E-state index contributed by atoms with van der Waals surface area (Å²) in [4.78, 5) is 0. The molecular weight excluding hydrogens is 290 g/mol. The van der Waals surface area contributed by atoms with Gasteiger partial charge in [0.25, 0.3) is 0 Å². The van der Waals surface area contributed by atoms with Gasteiger partial charge >= 0.3 is 0 Å². The van der Waals surface area contributed by atoms with Crippen LogP contribution >= 0.6 is 22.8 Å². The van der Waals surface area contributed by atoms with E-state index in [2.05, 4.69) is 12.1 Å². The fourth-order valence-corrected chi connectivity index (χ4v) is 35.0. The van der Waals surface area contributed by atoms with Gasteiger partial charge in [0.05, 0.1) is 7.11 Å². The van der Waals surface area contributed by atoms with Crippen molar-refractivity contribution in [1.29, 1.82) is 0 Å². The lowest BCUT2D eigenvalue weighted by molar-refractivity contribution is 0.415. The summed E-state index contributed by atoms with van der Waals surface area (Å²) in [7, 11) is 3.63. The van der Waals surface area contributed by atoms with E-state index in [1.54, 1.807) is 7.11 Å². The van der Waals surface area contributed by atoms with Crippen LogP contribution in [0.3, 0.4) is 0 Å². The normalized spacial score (nSPS) is 30.8. The van der Waals surface area contributed by atoms with Crippen LogP contribution < -0.4 is 10.0 Å². The minimum atomic E-state index is -0.620. The minimum absolute atomic E-state index is 0.0957. The third-order valence-corrected chi connectivity index (χ3v) is 31.6. The Morgan fingerprint density at radius 2 is 2.07 bits per heavy atom. The second kappa shape index (κ2) is 4.90. The Hall–Kier alpha value is 1.02. The molecule has 3 unspecified atom stereocenters. The van der Waals surface area contributed by atoms with Crippen molar-refractivity contribution in [3.63, 3.8) is 0 Å². The number of ether oxygens (including phenoxy) is 1. The third-order valence-electron chi connectivity index (χ3n) is 1.76. The summed E-state index contributed by atoms with van der Waals surface area (Å²) >= 11 is 10.8. The molecule has 0 bridgehead atoms. The van der Waals surface area contributed by atoms with Gasteiger partial charge in [0.2, 0.25) is 0 Å². The maximum Gasteiger partial charge on any atom is 0.118 e. The lowest BCUT2D eigenvalue weighted by atomic mass is 10.3. The van der Waals surface area contributed by atoms with E-state index in [0.29, 0.717) is 0 Å². The van der Waals surface area contributed by atoms with Gasteiger partial charge in [-0.1, -0.05) is 11.8 Å². The fraction of sp³-hybridized carbons (Fsp3) is 0.143. The van der Waals surface area contributed by atoms with Gasteiger partial charge in [-0.15, -0.1) is 0 Å². The predicted molar refractivity (Wildman–Crippen MR) is 77.5 cm³/mol. The van der Waals surface area contributed by atoms with Crippen LogP contribution in [-0.4, -0.2) is 7.11 Å². The molecule has 1 aliphatic rings. The van der Waals surface area contributed by atoms with Gasteiger partial charge in [0.1, 0.15) is 5.75 Å². The largest absolute Gasteiger partial charge is 0.497 e. The standard InChI is InChI=1S/C7H8OP2S4/c1-8-6-2-4-7(5-3-6)9-10(11)13-14(9)12/h2-5,10H,1H3. The highest BCUT2D eigenvalue weighted by Gasteiger charge is 2.30. The molecular formula is C7H8OP2S4. The first-order valence-corrected chi connectivity index (χ1v) is 13.4. The second-order valence-electron chi connectivity index (χ2n) is 2.56. The molecule has 0 amide bonds. The molecule has 0 N–H and O–H groups in total. The molecule has 1 aliphatic heterocycles. The maximum absolute atomic E-state index is 5.41. The minimum Gasteiger partial charge on any atom is -0.497 e. The van der Waals surface area contributed by atoms with Crippen LogP contribution in [-0.2, 0) is 31.1 Å². The second-order valence-corrected chi connectivity index (χ2v) is 21.8. The predicted octanol–water partition coefficient (Wildman–Crippen LogP) is 2.97. The van der Waals surface area contributed by atoms with Crippen molar-refractivity contribution in [3.8, 4) is 5.75 Å². The van der Waals surface area contributed by atoms with Crippen LogP contribution in [0.1, 0.15) is 0 Å². The van der Waals surface area contributed by atoms with Crippen LogP contribution in [0, 0.1) is 0 Å². The monoisotopic (exact) mass is 298 g/mol. The summed E-state index contributed by atoms with van der Waals surface area (Å²) in [6.45, 7) is -0.166. The van der Waals surface area contributed by atoms with Crippen LogP contribution in [0.25, 0.3) is 0 Å². The number of benzene rings is 1. The lowest BCUT2D eigenvalue weighted by Gasteiger charge is -2.29. The van der Waals surface area contributed by atoms with Gasteiger partial charge in [-0.2, -0.15) is 0 Å². The number of rotatable bonds is 2. The molecule has 0 radical (unpaired) electrons. The van der Waals surface area contributed by atoms with Crippen molar-refractivity contribution in [2.75, 3.05) is 7.11 Å². The molecule has 0 saturated carbocycles. The molecule has 7 heteroatoms. The van der Waals surface area contributed by atoms with E-state index in [9.17, 15) is 0 Å². The maximum atomic E-state index is 5.41. The average Bonchev–Trinajstić information content (AvgIpc) is 2.18. The van der Waals surface area contributed by atoms with Gasteiger partial charge < -0.3 is 4.74 Å². The van der Waals surface area contributed by atoms with Crippen LogP contribution in [0.2, 0.25) is 0 Å². The molecule has 1 fully saturated rings. The third kappa shape index (κ3) is 2.23. The zero-order chi connectivity index (χ0) is 10.1. The Bertz CT molecular complexity index is 377. The molecule has 1 heterocycles. The number of methoxy groups -OCH3 is 1. The Morgan fingerprint density at radius 3 is 2.50 bits per heavy atom. The molecule has 1 saturated heterocycles. The van der Waals surface area contributed by atoms with Gasteiger partial charge in [0, 0.05) is 12.4 Å². The first-order valence-electron chi connectivity index (χ1n) is 3.81. The molecule has 0 aromatic heterocycles. The van der Waals surface area contributed by atoms with E-state index < -0.39 is 5.59 Å². The van der Waals surface area contributed by atoms with E-state index in [1.807, 2.05) is 22.5 Å². The lowest BCUT2D eigenvalue weighted by Crippen LogP contribution is -2.03. The molecule has 76 valence electrons. The summed E-state index contributed by atoms with van der Waals surface area (Å²) < 4.78 is 5.11. The highest BCUT2D eigenvalue weighted by molar-refractivity contribution is 9.40. The van der Waals surface area contributed by atoms with E-state index in [0.717, 1.165) is 5.75 Å². The van der Waals surface area contributed by atoms with E-state index in [-0.39, 0.29) is 14.9 Å². The Morgan fingerprint density at radius 1 is 1.43 bits per heavy atom. The number of hydrogen-bond acceptors (Lipinski definition) is 4. The topological polar surface area (TPSA) is 9.23 Å². The fourth-order valence-electron chi connectivity index (χ4n) is 1.07. The van der Waals surface area contributed by atoms with Crippen LogP contribution in [0.15, 0.2) is 24.3 Å². The molecule has 0 aliphatic carbocycles. The van der Waals surface area contributed by atoms with Crippen molar-refractivity contribution in [3.05, 3.63) is 24.3 Å². The quantitative estimate of drug-likeness (QED) is 0.613. The van der Waals surface area contributed by atoms with E-state index in [4.69, 9.17) is 27.7 Å².